The van der Waals surface area contributed by atoms with Crippen molar-refractivity contribution in [1.82, 2.24) is 10.0 Å². The lowest BCUT2D eigenvalue weighted by atomic mass is 10.2. The van der Waals surface area contributed by atoms with E-state index >= 15 is 0 Å². The molecule has 2 N–H and O–H groups in total. The Hall–Kier alpha value is -1.05. The molecule has 0 aliphatic heterocycles. The van der Waals surface area contributed by atoms with Gasteiger partial charge >= 0.3 is 0 Å². The standard InChI is InChI=1S/C13H18F2N2O2S/c1-2-7-17-20(18,19)12-6-5-11(14)10(13(12)15)8-16-9-3-4-9/h5-6,9,16-17H,2-4,7-8H2,1H3. The van der Waals surface area contributed by atoms with Gasteiger partial charge in [-0.05, 0) is 31.4 Å². The third-order valence-electron chi connectivity index (χ3n) is 3.13. The number of halogens is 2. The molecule has 1 aliphatic carbocycles. The van der Waals surface area contributed by atoms with Crippen LogP contribution in [-0.2, 0) is 16.6 Å². The third kappa shape index (κ3) is 3.53. The number of rotatable bonds is 7. The van der Waals surface area contributed by atoms with Gasteiger partial charge in [-0.3, -0.25) is 0 Å². The van der Waals surface area contributed by atoms with Crippen molar-refractivity contribution in [3.63, 3.8) is 0 Å². The molecule has 20 heavy (non-hydrogen) atoms. The number of hydrogen-bond acceptors (Lipinski definition) is 3. The van der Waals surface area contributed by atoms with Gasteiger partial charge in [0, 0.05) is 24.7 Å². The Kier molecular flexibility index (Phi) is 4.72. The summed E-state index contributed by atoms with van der Waals surface area (Å²) in [6, 6.07) is 2.24. The van der Waals surface area contributed by atoms with Crippen LogP contribution in [0.15, 0.2) is 17.0 Å². The van der Waals surface area contributed by atoms with Crippen LogP contribution in [0.4, 0.5) is 8.78 Å². The summed E-state index contributed by atoms with van der Waals surface area (Å²) in [6.07, 6.45) is 2.57. The minimum Gasteiger partial charge on any atom is -0.310 e. The lowest BCUT2D eigenvalue weighted by molar-refractivity contribution is 0.510. The molecule has 1 aromatic rings. The lowest BCUT2D eigenvalue weighted by Gasteiger charge is -2.11. The van der Waals surface area contributed by atoms with E-state index in [0.29, 0.717) is 6.42 Å². The van der Waals surface area contributed by atoms with Crippen molar-refractivity contribution in [3.05, 3.63) is 29.3 Å². The quantitative estimate of drug-likeness (QED) is 0.809. The molecule has 7 heteroatoms. The minimum atomic E-state index is -3.93. The van der Waals surface area contributed by atoms with E-state index in [0.717, 1.165) is 25.0 Å². The van der Waals surface area contributed by atoms with Crippen LogP contribution in [-0.4, -0.2) is 21.0 Å². The highest BCUT2D eigenvalue weighted by atomic mass is 32.2. The summed E-state index contributed by atoms with van der Waals surface area (Å²) in [7, 11) is -3.93. The van der Waals surface area contributed by atoms with Gasteiger partial charge in [0.1, 0.15) is 10.7 Å². The summed E-state index contributed by atoms with van der Waals surface area (Å²) < 4.78 is 54.0. The van der Waals surface area contributed by atoms with E-state index in [2.05, 4.69) is 10.0 Å². The largest absolute Gasteiger partial charge is 0.310 e. The molecule has 0 bridgehead atoms. The Bertz CT molecular complexity index is 586. The molecule has 0 radical (unpaired) electrons. The second kappa shape index (κ2) is 6.15. The Morgan fingerprint density at radius 1 is 1.30 bits per heavy atom. The summed E-state index contributed by atoms with van der Waals surface area (Å²) in [5, 5.41) is 2.98. The molecule has 0 spiro atoms. The number of hydrogen-bond donors (Lipinski definition) is 2. The molecule has 1 fully saturated rings. The third-order valence-corrected chi connectivity index (χ3v) is 4.61. The molecular weight excluding hydrogens is 286 g/mol. The van der Waals surface area contributed by atoms with E-state index in [1.54, 1.807) is 6.92 Å². The van der Waals surface area contributed by atoms with Crippen LogP contribution in [0.5, 0.6) is 0 Å². The summed E-state index contributed by atoms with van der Waals surface area (Å²) in [5.41, 5.74) is -0.226. The highest BCUT2D eigenvalue weighted by Crippen LogP contribution is 2.23. The number of benzene rings is 1. The fourth-order valence-corrected chi connectivity index (χ4v) is 3.03. The smallest absolute Gasteiger partial charge is 0.243 e. The van der Waals surface area contributed by atoms with Crippen molar-refractivity contribution in [2.45, 2.75) is 43.7 Å². The van der Waals surface area contributed by atoms with Gasteiger partial charge in [-0.15, -0.1) is 0 Å². The van der Waals surface area contributed by atoms with Crippen molar-refractivity contribution in [2.75, 3.05) is 6.54 Å². The fourth-order valence-electron chi connectivity index (χ4n) is 1.79. The van der Waals surface area contributed by atoms with Crippen molar-refractivity contribution >= 4 is 10.0 Å². The molecule has 0 aromatic heterocycles. The van der Waals surface area contributed by atoms with Crippen molar-refractivity contribution in [2.24, 2.45) is 0 Å². The van der Waals surface area contributed by atoms with Gasteiger partial charge in [0.2, 0.25) is 10.0 Å². The Balaban J connectivity index is 2.27. The van der Waals surface area contributed by atoms with E-state index in [1.807, 2.05) is 0 Å². The monoisotopic (exact) mass is 304 g/mol. The van der Waals surface area contributed by atoms with Gasteiger partial charge in [-0.2, -0.15) is 0 Å². The van der Waals surface area contributed by atoms with Gasteiger partial charge in [-0.1, -0.05) is 6.92 Å². The SMILES string of the molecule is CCCNS(=O)(=O)c1ccc(F)c(CNC2CC2)c1F. The van der Waals surface area contributed by atoms with Crippen molar-refractivity contribution < 1.29 is 17.2 Å². The van der Waals surface area contributed by atoms with Crippen LogP contribution in [0.1, 0.15) is 31.7 Å². The van der Waals surface area contributed by atoms with E-state index in [9.17, 15) is 17.2 Å². The zero-order valence-corrected chi connectivity index (χ0v) is 12.1. The second-order valence-corrected chi connectivity index (χ2v) is 6.63. The number of sulfonamides is 1. The molecule has 0 heterocycles. The van der Waals surface area contributed by atoms with Gasteiger partial charge in [-0.25, -0.2) is 21.9 Å². The summed E-state index contributed by atoms with van der Waals surface area (Å²) in [4.78, 5) is -0.500. The van der Waals surface area contributed by atoms with Gasteiger partial charge in [0.05, 0.1) is 0 Å². The summed E-state index contributed by atoms with van der Waals surface area (Å²) in [5.74, 6) is -1.74. The zero-order valence-electron chi connectivity index (χ0n) is 11.2. The predicted octanol–water partition coefficient (Wildman–Crippen LogP) is 1.91. The highest BCUT2D eigenvalue weighted by molar-refractivity contribution is 7.89. The Labute approximate surface area is 117 Å². The molecule has 1 saturated carbocycles. The predicted molar refractivity (Wildman–Crippen MR) is 71.7 cm³/mol. The van der Waals surface area contributed by atoms with Crippen LogP contribution in [0, 0.1) is 11.6 Å². The average molecular weight is 304 g/mol. The molecular formula is C13H18F2N2O2S. The summed E-state index contributed by atoms with van der Waals surface area (Å²) in [6.45, 7) is 2.02. The number of nitrogens with one attached hydrogen (secondary N) is 2. The first-order valence-corrected chi connectivity index (χ1v) is 8.14. The van der Waals surface area contributed by atoms with Crippen LogP contribution in [0.3, 0.4) is 0 Å². The van der Waals surface area contributed by atoms with E-state index in [1.165, 1.54) is 0 Å². The first kappa shape index (κ1) is 15.3. The maximum absolute atomic E-state index is 14.2. The zero-order chi connectivity index (χ0) is 14.8. The lowest BCUT2D eigenvalue weighted by Crippen LogP contribution is -2.26. The van der Waals surface area contributed by atoms with Gasteiger partial charge in [0.15, 0.2) is 5.82 Å². The maximum atomic E-state index is 14.2. The molecule has 2 rings (SSSR count). The first-order valence-electron chi connectivity index (χ1n) is 6.65. The van der Waals surface area contributed by atoms with E-state index < -0.39 is 26.6 Å². The minimum absolute atomic E-state index is 0.000525. The average Bonchev–Trinajstić information content (AvgIpc) is 3.20. The van der Waals surface area contributed by atoms with Crippen LogP contribution < -0.4 is 10.0 Å². The molecule has 0 saturated heterocycles. The molecule has 0 atom stereocenters. The highest BCUT2D eigenvalue weighted by Gasteiger charge is 2.25. The van der Waals surface area contributed by atoms with Crippen LogP contribution in [0.2, 0.25) is 0 Å². The molecule has 1 aromatic carbocycles. The fraction of sp³-hybridized carbons (Fsp3) is 0.538. The van der Waals surface area contributed by atoms with Crippen molar-refractivity contribution in [1.29, 1.82) is 0 Å². The second-order valence-electron chi connectivity index (χ2n) is 4.89. The summed E-state index contributed by atoms with van der Waals surface area (Å²) >= 11 is 0. The van der Waals surface area contributed by atoms with Gasteiger partial charge in [0.25, 0.3) is 0 Å². The van der Waals surface area contributed by atoms with E-state index in [4.69, 9.17) is 0 Å². The normalized spacial score (nSPS) is 15.6. The Morgan fingerprint density at radius 3 is 2.60 bits per heavy atom. The topological polar surface area (TPSA) is 58.2 Å². The Morgan fingerprint density at radius 2 is 2.00 bits per heavy atom. The maximum Gasteiger partial charge on any atom is 0.243 e. The first-order chi connectivity index (χ1) is 9.45. The van der Waals surface area contributed by atoms with E-state index in [-0.39, 0.29) is 24.7 Å². The molecule has 0 amide bonds. The van der Waals surface area contributed by atoms with Crippen molar-refractivity contribution in [3.8, 4) is 0 Å². The molecule has 0 unspecified atom stereocenters. The molecule has 4 nitrogen and oxygen atoms in total. The van der Waals surface area contributed by atoms with Crippen LogP contribution in [0.25, 0.3) is 0 Å². The molecule has 1 aliphatic rings. The van der Waals surface area contributed by atoms with Gasteiger partial charge < -0.3 is 5.32 Å². The van der Waals surface area contributed by atoms with Crippen LogP contribution >= 0.6 is 0 Å². The molecule has 112 valence electrons.